The van der Waals surface area contributed by atoms with E-state index in [1.54, 1.807) is 6.20 Å². The van der Waals surface area contributed by atoms with Gasteiger partial charge in [0.05, 0.1) is 17.9 Å². The second-order valence-electron chi connectivity index (χ2n) is 6.65. The molecule has 156 valence electrons. The van der Waals surface area contributed by atoms with Gasteiger partial charge >= 0.3 is 0 Å². The summed E-state index contributed by atoms with van der Waals surface area (Å²) in [5, 5.41) is 8.55. The van der Waals surface area contributed by atoms with E-state index in [4.69, 9.17) is 9.15 Å². The van der Waals surface area contributed by atoms with Gasteiger partial charge in [0, 0.05) is 32.4 Å². The van der Waals surface area contributed by atoms with Crippen LogP contribution in [0.2, 0.25) is 0 Å². The van der Waals surface area contributed by atoms with Crippen molar-refractivity contribution in [3.63, 3.8) is 0 Å². The Bertz CT molecular complexity index is 974. The first-order valence-electron chi connectivity index (χ1n) is 9.87. The lowest BCUT2D eigenvalue weighted by Crippen LogP contribution is -2.49. The second kappa shape index (κ2) is 9.62. The van der Waals surface area contributed by atoms with Gasteiger partial charge in [0.2, 0.25) is 5.91 Å². The summed E-state index contributed by atoms with van der Waals surface area (Å²) in [4.78, 5) is 21.0. The molecule has 1 fully saturated rings. The first-order valence-corrected chi connectivity index (χ1v) is 10.9. The summed E-state index contributed by atoms with van der Waals surface area (Å²) in [5.41, 5.74) is 0.746. The smallest absolute Gasteiger partial charge is 0.277 e. The third-order valence-electron chi connectivity index (χ3n) is 4.75. The summed E-state index contributed by atoms with van der Waals surface area (Å²) in [6.45, 7) is 5.36. The third kappa shape index (κ3) is 4.73. The summed E-state index contributed by atoms with van der Waals surface area (Å²) >= 11 is 1.26. The largest absolute Gasteiger partial charge is 0.493 e. The maximum atomic E-state index is 12.6. The van der Waals surface area contributed by atoms with Crippen LogP contribution in [-0.4, -0.2) is 64.5 Å². The van der Waals surface area contributed by atoms with Crippen LogP contribution in [0.4, 0.5) is 5.82 Å². The Morgan fingerprint density at radius 2 is 1.90 bits per heavy atom. The highest BCUT2D eigenvalue weighted by atomic mass is 32.2. The predicted molar refractivity (Wildman–Crippen MR) is 115 cm³/mol. The van der Waals surface area contributed by atoms with E-state index in [0.29, 0.717) is 36.6 Å². The van der Waals surface area contributed by atoms with Crippen LogP contribution in [0.5, 0.6) is 5.75 Å². The molecular formula is C21H23N5O3S. The minimum Gasteiger partial charge on any atom is -0.493 e. The molecule has 0 atom stereocenters. The van der Waals surface area contributed by atoms with Crippen LogP contribution < -0.4 is 9.64 Å². The third-order valence-corrected chi connectivity index (χ3v) is 5.55. The zero-order valence-corrected chi connectivity index (χ0v) is 17.5. The van der Waals surface area contributed by atoms with Gasteiger partial charge in [0.15, 0.2) is 0 Å². The minimum absolute atomic E-state index is 0.0649. The highest BCUT2D eigenvalue weighted by Crippen LogP contribution is 2.30. The van der Waals surface area contributed by atoms with E-state index in [-0.39, 0.29) is 11.7 Å². The summed E-state index contributed by atoms with van der Waals surface area (Å²) in [6, 6.07) is 13.4. The molecule has 4 rings (SSSR count). The fourth-order valence-corrected chi connectivity index (χ4v) is 3.91. The predicted octanol–water partition coefficient (Wildman–Crippen LogP) is 2.97. The normalized spacial score (nSPS) is 14.0. The number of para-hydroxylation sites is 1. The monoisotopic (exact) mass is 425 g/mol. The number of hydrogen-bond acceptors (Lipinski definition) is 8. The Morgan fingerprint density at radius 3 is 2.67 bits per heavy atom. The first kappa shape index (κ1) is 20.2. The number of aromatic nitrogens is 3. The molecule has 0 spiro atoms. The molecule has 9 heteroatoms. The van der Waals surface area contributed by atoms with E-state index >= 15 is 0 Å². The molecule has 0 saturated carbocycles. The lowest BCUT2D eigenvalue weighted by Gasteiger charge is -2.35. The Labute approximate surface area is 179 Å². The number of piperazine rings is 1. The zero-order chi connectivity index (χ0) is 20.8. The summed E-state index contributed by atoms with van der Waals surface area (Å²) in [5.74, 6) is 2.36. The molecular weight excluding hydrogens is 402 g/mol. The Hall–Kier alpha value is -3.07. The highest BCUT2D eigenvalue weighted by molar-refractivity contribution is 7.99. The highest BCUT2D eigenvalue weighted by Gasteiger charge is 2.22. The fraction of sp³-hybridized carbons (Fsp3) is 0.333. The standard InChI is InChI=1S/C21H23N5O3S/c1-2-28-17-8-4-3-7-16(17)20-23-24-21(29-20)30-15-19(27)26-13-11-25(12-14-26)18-9-5-6-10-22-18/h3-10H,2,11-15H2,1H3. The van der Waals surface area contributed by atoms with Crippen LogP contribution >= 0.6 is 11.8 Å². The van der Waals surface area contributed by atoms with Gasteiger partial charge in [-0.3, -0.25) is 4.79 Å². The van der Waals surface area contributed by atoms with Crippen molar-refractivity contribution >= 4 is 23.5 Å². The number of carbonyl (C=O) groups excluding carboxylic acids is 1. The number of anilines is 1. The number of rotatable bonds is 7. The summed E-state index contributed by atoms with van der Waals surface area (Å²) in [7, 11) is 0. The molecule has 30 heavy (non-hydrogen) atoms. The first-order chi connectivity index (χ1) is 14.7. The topological polar surface area (TPSA) is 84.6 Å². The number of thioether (sulfide) groups is 1. The molecule has 1 aliphatic heterocycles. The van der Waals surface area contributed by atoms with E-state index in [0.717, 1.165) is 24.5 Å². The molecule has 1 aromatic carbocycles. The Kier molecular flexibility index (Phi) is 6.48. The van der Waals surface area contributed by atoms with Crippen molar-refractivity contribution in [2.75, 3.05) is 43.4 Å². The molecule has 1 aliphatic rings. The lowest BCUT2D eigenvalue weighted by atomic mass is 10.2. The molecule has 0 bridgehead atoms. The van der Waals surface area contributed by atoms with E-state index < -0.39 is 0 Å². The van der Waals surface area contributed by atoms with Gasteiger partial charge in [-0.25, -0.2) is 4.98 Å². The zero-order valence-electron chi connectivity index (χ0n) is 16.7. The Morgan fingerprint density at radius 1 is 1.10 bits per heavy atom. The van der Waals surface area contributed by atoms with Gasteiger partial charge in [0.1, 0.15) is 11.6 Å². The minimum atomic E-state index is 0.0649. The molecule has 3 aromatic rings. The fourth-order valence-electron chi connectivity index (χ4n) is 3.24. The lowest BCUT2D eigenvalue weighted by molar-refractivity contribution is -0.128. The number of carbonyl (C=O) groups is 1. The van der Waals surface area contributed by atoms with Crippen molar-refractivity contribution in [3.05, 3.63) is 48.7 Å². The molecule has 1 amide bonds. The van der Waals surface area contributed by atoms with Gasteiger partial charge in [-0.1, -0.05) is 30.0 Å². The van der Waals surface area contributed by atoms with E-state index in [2.05, 4.69) is 20.1 Å². The van der Waals surface area contributed by atoms with Crippen molar-refractivity contribution in [3.8, 4) is 17.2 Å². The van der Waals surface area contributed by atoms with Crippen molar-refractivity contribution in [1.29, 1.82) is 0 Å². The number of ether oxygens (including phenoxy) is 1. The molecule has 0 unspecified atom stereocenters. The van der Waals surface area contributed by atoms with Gasteiger partial charge < -0.3 is 19.0 Å². The van der Waals surface area contributed by atoms with Crippen LogP contribution in [0.15, 0.2) is 58.3 Å². The molecule has 0 radical (unpaired) electrons. The van der Waals surface area contributed by atoms with Crippen molar-refractivity contribution < 1.29 is 13.9 Å². The second-order valence-corrected chi connectivity index (χ2v) is 7.57. The molecule has 0 N–H and O–H groups in total. The Balaban J connectivity index is 1.30. The van der Waals surface area contributed by atoms with Gasteiger partial charge in [0.25, 0.3) is 11.1 Å². The molecule has 2 aromatic heterocycles. The van der Waals surface area contributed by atoms with Gasteiger partial charge in [-0.15, -0.1) is 10.2 Å². The number of hydrogen-bond donors (Lipinski definition) is 0. The number of benzene rings is 1. The summed E-state index contributed by atoms with van der Waals surface area (Å²) < 4.78 is 11.4. The van der Waals surface area contributed by atoms with Crippen molar-refractivity contribution in [2.45, 2.75) is 12.1 Å². The number of nitrogens with zero attached hydrogens (tertiary/aromatic N) is 5. The van der Waals surface area contributed by atoms with Gasteiger partial charge in [-0.05, 0) is 31.2 Å². The van der Waals surface area contributed by atoms with Crippen LogP contribution in [0.1, 0.15) is 6.92 Å². The van der Waals surface area contributed by atoms with E-state index in [1.165, 1.54) is 11.8 Å². The maximum Gasteiger partial charge on any atom is 0.277 e. The van der Waals surface area contributed by atoms with Crippen LogP contribution in [0, 0.1) is 0 Å². The van der Waals surface area contributed by atoms with Crippen LogP contribution in [-0.2, 0) is 4.79 Å². The summed E-state index contributed by atoms with van der Waals surface area (Å²) in [6.07, 6.45) is 1.79. The van der Waals surface area contributed by atoms with Gasteiger partial charge in [-0.2, -0.15) is 0 Å². The van der Waals surface area contributed by atoms with Crippen molar-refractivity contribution in [1.82, 2.24) is 20.1 Å². The molecule has 1 saturated heterocycles. The molecule has 3 heterocycles. The average Bonchev–Trinajstić information content (AvgIpc) is 3.28. The van der Waals surface area contributed by atoms with Crippen LogP contribution in [0.25, 0.3) is 11.5 Å². The van der Waals surface area contributed by atoms with Crippen LogP contribution in [0.3, 0.4) is 0 Å². The SMILES string of the molecule is CCOc1ccccc1-c1nnc(SCC(=O)N2CCN(c3ccccn3)CC2)o1. The quantitative estimate of drug-likeness (QED) is 0.534. The number of pyridine rings is 1. The van der Waals surface area contributed by atoms with E-state index in [9.17, 15) is 4.79 Å². The molecule has 0 aliphatic carbocycles. The maximum absolute atomic E-state index is 12.6. The number of amides is 1. The van der Waals surface area contributed by atoms with Crippen molar-refractivity contribution in [2.24, 2.45) is 0 Å². The van der Waals surface area contributed by atoms with E-state index in [1.807, 2.05) is 54.3 Å². The molecule has 8 nitrogen and oxygen atoms in total. The average molecular weight is 426 g/mol.